The van der Waals surface area contributed by atoms with E-state index in [-0.39, 0.29) is 5.69 Å². The van der Waals surface area contributed by atoms with Crippen LogP contribution < -0.4 is 10.6 Å². The molecule has 1 aromatic heterocycles. The lowest BCUT2D eigenvalue weighted by molar-refractivity contribution is 0.252. The molecule has 1 heterocycles. The topological polar surface area (TPSA) is 54.0 Å². The lowest BCUT2D eigenvalue weighted by atomic mass is 10.3. The number of rotatable bonds is 4. The molecule has 0 radical (unpaired) electrons. The molecule has 19 heavy (non-hydrogen) atoms. The number of halogens is 2. The van der Waals surface area contributed by atoms with Gasteiger partial charge in [-0.3, -0.25) is 0 Å². The predicted molar refractivity (Wildman–Crippen MR) is 76.9 cm³/mol. The van der Waals surface area contributed by atoms with Crippen molar-refractivity contribution < 1.29 is 9.18 Å². The number of nitrogens with one attached hydrogen (secondary N) is 2. The van der Waals surface area contributed by atoms with Gasteiger partial charge in [-0.15, -0.1) is 11.3 Å². The lowest BCUT2D eigenvalue weighted by Gasteiger charge is -2.09. The molecule has 2 N–H and O–H groups in total. The van der Waals surface area contributed by atoms with Crippen LogP contribution in [-0.4, -0.2) is 17.6 Å². The molecule has 0 aliphatic rings. The van der Waals surface area contributed by atoms with Crippen molar-refractivity contribution in [2.24, 2.45) is 0 Å². The van der Waals surface area contributed by atoms with Crippen LogP contribution in [0, 0.1) is 5.82 Å². The van der Waals surface area contributed by atoms with Crippen LogP contribution in [0.5, 0.6) is 0 Å². The number of hydrogen-bond acceptors (Lipinski definition) is 3. The summed E-state index contributed by atoms with van der Waals surface area (Å²) < 4.78 is 14.0. The fourth-order valence-electron chi connectivity index (χ4n) is 1.44. The minimum absolute atomic E-state index is 0.133. The molecule has 2 amide bonds. The Morgan fingerprint density at radius 1 is 1.47 bits per heavy atom. The van der Waals surface area contributed by atoms with Crippen LogP contribution in [0.25, 0.3) is 0 Å². The predicted octanol–water partition coefficient (Wildman–Crippen LogP) is 3.41. The molecule has 4 nitrogen and oxygen atoms in total. The van der Waals surface area contributed by atoms with E-state index in [0.717, 1.165) is 5.69 Å². The Labute approximate surface area is 122 Å². The van der Waals surface area contributed by atoms with Gasteiger partial charge in [0, 0.05) is 22.8 Å². The van der Waals surface area contributed by atoms with E-state index >= 15 is 0 Å². The second kappa shape index (κ2) is 6.63. The van der Waals surface area contributed by atoms with Crippen molar-refractivity contribution in [2.75, 3.05) is 11.9 Å². The van der Waals surface area contributed by atoms with Crippen LogP contribution >= 0.6 is 27.3 Å². The highest BCUT2D eigenvalue weighted by atomic mass is 79.9. The summed E-state index contributed by atoms with van der Waals surface area (Å²) in [5.74, 6) is -0.482. The summed E-state index contributed by atoms with van der Waals surface area (Å²) in [5.41, 5.74) is 2.80. The fraction of sp³-hybridized carbons (Fsp3) is 0.167. The van der Waals surface area contributed by atoms with Crippen molar-refractivity contribution in [3.63, 3.8) is 0 Å². The van der Waals surface area contributed by atoms with Gasteiger partial charge in [-0.1, -0.05) is 6.07 Å². The van der Waals surface area contributed by atoms with Gasteiger partial charge in [-0.05, 0) is 28.1 Å². The third kappa shape index (κ3) is 4.00. The van der Waals surface area contributed by atoms with Gasteiger partial charge < -0.3 is 10.6 Å². The summed E-state index contributed by atoms with van der Waals surface area (Å²) in [4.78, 5) is 15.7. The maximum Gasteiger partial charge on any atom is 0.319 e. The van der Waals surface area contributed by atoms with E-state index in [1.165, 1.54) is 17.4 Å². The van der Waals surface area contributed by atoms with Crippen molar-refractivity contribution in [1.29, 1.82) is 0 Å². The van der Waals surface area contributed by atoms with Gasteiger partial charge in [-0.2, -0.15) is 0 Å². The minimum atomic E-state index is -0.482. The number of thiazole rings is 1. The Hall–Kier alpha value is -1.47. The van der Waals surface area contributed by atoms with Crippen LogP contribution in [0.15, 0.2) is 33.6 Å². The second-order valence-electron chi connectivity index (χ2n) is 3.71. The van der Waals surface area contributed by atoms with Crippen LogP contribution in [0.3, 0.4) is 0 Å². The Balaban J connectivity index is 1.84. The van der Waals surface area contributed by atoms with Gasteiger partial charge in [0.1, 0.15) is 5.82 Å². The molecular weight excluding hydrogens is 333 g/mol. The number of para-hydroxylation sites is 1. The van der Waals surface area contributed by atoms with Crippen LogP contribution in [0.1, 0.15) is 5.69 Å². The molecule has 0 spiro atoms. The van der Waals surface area contributed by atoms with E-state index in [9.17, 15) is 9.18 Å². The van der Waals surface area contributed by atoms with E-state index in [4.69, 9.17) is 0 Å². The van der Waals surface area contributed by atoms with Crippen molar-refractivity contribution in [2.45, 2.75) is 6.42 Å². The summed E-state index contributed by atoms with van der Waals surface area (Å²) in [6.07, 6.45) is 0.648. The molecule has 2 rings (SSSR count). The second-order valence-corrected chi connectivity index (χ2v) is 5.28. The molecule has 1 aromatic carbocycles. The zero-order chi connectivity index (χ0) is 13.7. The number of benzene rings is 1. The van der Waals surface area contributed by atoms with Gasteiger partial charge in [0.05, 0.1) is 16.9 Å². The molecule has 0 aliphatic heterocycles. The first-order chi connectivity index (χ1) is 9.16. The average molecular weight is 344 g/mol. The molecule has 0 saturated heterocycles. The van der Waals surface area contributed by atoms with E-state index in [2.05, 4.69) is 31.5 Å². The van der Waals surface area contributed by atoms with Crippen molar-refractivity contribution in [3.8, 4) is 0 Å². The molecule has 0 unspecified atom stereocenters. The van der Waals surface area contributed by atoms with Crippen molar-refractivity contribution in [3.05, 3.63) is 45.1 Å². The summed E-state index contributed by atoms with van der Waals surface area (Å²) >= 11 is 4.69. The van der Waals surface area contributed by atoms with Crippen molar-refractivity contribution in [1.82, 2.24) is 10.3 Å². The van der Waals surface area contributed by atoms with Crippen molar-refractivity contribution >= 4 is 39.0 Å². The number of carbonyl (C=O) groups is 1. The SMILES string of the molecule is O=C(NCCc1cscn1)Nc1c(F)cccc1Br. The highest BCUT2D eigenvalue weighted by Gasteiger charge is 2.09. The van der Waals surface area contributed by atoms with Gasteiger partial charge in [-0.25, -0.2) is 14.2 Å². The van der Waals surface area contributed by atoms with Gasteiger partial charge in [0.25, 0.3) is 0 Å². The zero-order valence-corrected chi connectivity index (χ0v) is 12.2. The maximum atomic E-state index is 13.5. The third-order valence-corrected chi connectivity index (χ3v) is 3.65. The molecule has 0 bridgehead atoms. The molecule has 7 heteroatoms. The van der Waals surface area contributed by atoms with Crippen LogP contribution in [0.4, 0.5) is 14.9 Å². The number of amides is 2. The van der Waals surface area contributed by atoms with E-state index in [1.54, 1.807) is 17.6 Å². The Bertz CT molecular complexity index is 542. The summed E-state index contributed by atoms with van der Waals surface area (Å²) in [7, 11) is 0. The maximum absolute atomic E-state index is 13.5. The van der Waals surface area contributed by atoms with E-state index in [1.807, 2.05) is 5.38 Å². The molecule has 0 saturated carbocycles. The van der Waals surface area contributed by atoms with E-state index < -0.39 is 11.8 Å². The highest BCUT2D eigenvalue weighted by Crippen LogP contribution is 2.24. The minimum Gasteiger partial charge on any atom is -0.337 e. The van der Waals surface area contributed by atoms with Crippen LogP contribution in [0.2, 0.25) is 0 Å². The molecule has 0 aliphatic carbocycles. The third-order valence-electron chi connectivity index (χ3n) is 2.35. The normalized spacial score (nSPS) is 10.2. The largest absolute Gasteiger partial charge is 0.337 e. The molecule has 2 aromatic rings. The Morgan fingerprint density at radius 3 is 3.00 bits per heavy atom. The average Bonchev–Trinajstić information content (AvgIpc) is 2.87. The Morgan fingerprint density at radius 2 is 2.32 bits per heavy atom. The molecular formula is C12H11BrFN3OS. The number of hydrogen-bond donors (Lipinski definition) is 2. The van der Waals surface area contributed by atoms with Gasteiger partial charge in [0.2, 0.25) is 0 Å². The number of aromatic nitrogens is 1. The fourth-order valence-corrected chi connectivity index (χ4v) is 2.47. The highest BCUT2D eigenvalue weighted by molar-refractivity contribution is 9.10. The van der Waals surface area contributed by atoms with E-state index in [0.29, 0.717) is 17.4 Å². The smallest absolute Gasteiger partial charge is 0.319 e. The zero-order valence-electron chi connectivity index (χ0n) is 9.82. The first-order valence-electron chi connectivity index (χ1n) is 5.53. The monoisotopic (exact) mass is 343 g/mol. The van der Waals surface area contributed by atoms with Gasteiger partial charge in [0.15, 0.2) is 0 Å². The van der Waals surface area contributed by atoms with Crippen LogP contribution in [-0.2, 0) is 6.42 Å². The number of nitrogens with zero attached hydrogens (tertiary/aromatic N) is 1. The lowest BCUT2D eigenvalue weighted by Crippen LogP contribution is -2.31. The molecule has 100 valence electrons. The number of carbonyl (C=O) groups excluding carboxylic acids is 1. The summed E-state index contributed by atoms with van der Waals surface area (Å²) in [6, 6.07) is 4.06. The first kappa shape index (κ1) is 14.0. The summed E-state index contributed by atoms with van der Waals surface area (Å²) in [5, 5.41) is 7.04. The molecule has 0 fully saturated rings. The number of anilines is 1. The quantitative estimate of drug-likeness (QED) is 0.893. The Kier molecular flexibility index (Phi) is 4.86. The summed E-state index contributed by atoms with van der Waals surface area (Å²) in [6.45, 7) is 0.446. The van der Waals surface area contributed by atoms with Gasteiger partial charge >= 0.3 is 6.03 Å². The first-order valence-corrected chi connectivity index (χ1v) is 7.26. The standard InChI is InChI=1S/C12H11BrFN3OS/c13-9-2-1-3-10(14)11(9)17-12(18)15-5-4-8-6-19-7-16-8/h1-3,6-7H,4-5H2,(H2,15,17,18). The number of urea groups is 1. The molecule has 0 atom stereocenters.